The average molecular weight is 374 g/mol. The van der Waals surface area contributed by atoms with Gasteiger partial charge in [0.05, 0.1) is 17.8 Å². The highest BCUT2D eigenvalue weighted by atomic mass is 32.2. The molecule has 25 heavy (non-hydrogen) atoms. The molecule has 0 fully saturated rings. The van der Waals surface area contributed by atoms with Crippen molar-refractivity contribution >= 4 is 11.4 Å². The molecule has 2 atom stereocenters. The molecule has 2 aromatic rings. The maximum Gasteiger partial charge on any atom is 0.419 e. The van der Waals surface area contributed by atoms with E-state index < -0.39 is 27.8 Å². The van der Waals surface area contributed by atoms with Crippen LogP contribution in [0, 0.1) is 6.92 Å². The lowest BCUT2D eigenvalue weighted by atomic mass is 10.1. The lowest BCUT2D eigenvalue weighted by Crippen LogP contribution is -2.40. The number of aryl methyl sites for hydroxylation is 1. The third-order valence-electron chi connectivity index (χ3n) is 3.54. The van der Waals surface area contributed by atoms with E-state index in [-0.39, 0.29) is 6.04 Å². The van der Waals surface area contributed by atoms with E-state index in [1.807, 2.05) is 27.7 Å². The highest BCUT2D eigenvalue weighted by molar-refractivity contribution is 7.90. The van der Waals surface area contributed by atoms with Crippen LogP contribution in [0.5, 0.6) is 0 Å². The Morgan fingerprint density at radius 3 is 2.36 bits per heavy atom. The van der Waals surface area contributed by atoms with Crippen LogP contribution in [0.3, 0.4) is 0 Å². The zero-order chi connectivity index (χ0) is 19.0. The van der Waals surface area contributed by atoms with Crippen molar-refractivity contribution < 1.29 is 17.7 Å². The molecule has 0 saturated heterocycles. The van der Waals surface area contributed by atoms with Gasteiger partial charge in [-0.15, -0.1) is 4.72 Å². The molecule has 0 amide bonds. The lowest BCUT2D eigenvalue weighted by Gasteiger charge is -2.26. The van der Waals surface area contributed by atoms with Crippen molar-refractivity contribution in [3.05, 3.63) is 41.3 Å². The average Bonchev–Trinajstić information content (AvgIpc) is 2.95. The summed E-state index contributed by atoms with van der Waals surface area (Å²) in [4.78, 5) is 4.23. The Hall–Kier alpha value is -1.58. The molecular formula is C16H21F3N4OS. The fourth-order valence-electron chi connectivity index (χ4n) is 2.06. The summed E-state index contributed by atoms with van der Waals surface area (Å²) >= 11 is -1.24. The van der Waals surface area contributed by atoms with Gasteiger partial charge >= 0.3 is 6.18 Å². The number of halogens is 3. The summed E-state index contributed by atoms with van der Waals surface area (Å²) in [5.74, 6) is 0.323. The summed E-state index contributed by atoms with van der Waals surface area (Å²) in [6.45, 7) is 9.20. The van der Waals surface area contributed by atoms with E-state index in [0.717, 1.165) is 22.6 Å². The normalized spacial score (nSPS) is 15.2. The Bertz CT molecular complexity index is 740. The van der Waals surface area contributed by atoms with E-state index in [4.69, 9.17) is 0 Å². The van der Waals surface area contributed by atoms with Crippen molar-refractivity contribution in [3.8, 4) is 5.82 Å². The van der Waals surface area contributed by atoms with Gasteiger partial charge in [0.15, 0.2) is 5.82 Å². The van der Waals surface area contributed by atoms with Crippen molar-refractivity contribution in [2.24, 2.45) is 0 Å². The van der Waals surface area contributed by atoms with E-state index in [1.165, 1.54) is 0 Å². The fraction of sp³-hybridized carbons (Fsp3) is 0.500. The summed E-state index contributed by atoms with van der Waals surface area (Å²) in [5, 5.41) is 3.74. The number of nitrogens with one attached hydrogen (secondary N) is 1. The van der Waals surface area contributed by atoms with Crippen LogP contribution in [-0.4, -0.2) is 24.1 Å². The predicted molar refractivity (Wildman–Crippen MR) is 90.5 cm³/mol. The van der Waals surface area contributed by atoms with E-state index >= 15 is 0 Å². The van der Waals surface area contributed by atoms with Crippen LogP contribution in [0.25, 0.3) is 5.82 Å². The van der Waals surface area contributed by atoms with Crippen molar-refractivity contribution in [2.45, 2.75) is 51.6 Å². The molecule has 0 aromatic carbocycles. The number of hydrogen-bond donors (Lipinski definition) is 1. The minimum absolute atomic E-state index is 0.219. The van der Waals surface area contributed by atoms with E-state index in [2.05, 4.69) is 14.8 Å². The molecule has 2 rings (SSSR count). The highest BCUT2D eigenvalue weighted by Gasteiger charge is 2.32. The maximum atomic E-state index is 12.7. The predicted octanol–water partition coefficient (Wildman–Crippen LogP) is 3.71. The number of nitrogens with zero attached hydrogens (tertiary/aromatic N) is 3. The van der Waals surface area contributed by atoms with Gasteiger partial charge in [-0.3, -0.25) is 0 Å². The molecule has 2 aromatic heterocycles. The van der Waals surface area contributed by atoms with Crippen LogP contribution in [0.15, 0.2) is 24.7 Å². The Morgan fingerprint density at radius 2 is 1.88 bits per heavy atom. The van der Waals surface area contributed by atoms with Crippen LogP contribution < -0.4 is 4.72 Å². The third-order valence-corrected chi connectivity index (χ3v) is 5.22. The Kier molecular flexibility index (Phi) is 5.50. The molecule has 0 unspecified atom stereocenters. The lowest BCUT2D eigenvalue weighted by molar-refractivity contribution is -0.137. The van der Waals surface area contributed by atoms with E-state index in [1.54, 1.807) is 19.2 Å². The number of pyridine rings is 1. The molecular weight excluding hydrogens is 353 g/mol. The number of rotatable bonds is 4. The van der Waals surface area contributed by atoms with E-state index in [0.29, 0.717) is 11.4 Å². The smallest absolute Gasteiger partial charge is 0.419 e. The molecule has 0 radical (unpaired) electrons. The van der Waals surface area contributed by atoms with Gasteiger partial charge in [0.2, 0.25) is 0 Å². The van der Waals surface area contributed by atoms with Gasteiger partial charge in [-0.25, -0.2) is 9.67 Å². The highest BCUT2D eigenvalue weighted by Crippen LogP contribution is 2.29. The van der Waals surface area contributed by atoms with Crippen LogP contribution in [0.4, 0.5) is 13.2 Å². The van der Waals surface area contributed by atoms with Gasteiger partial charge in [-0.05, 0) is 51.8 Å². The molecule has 0 aliphatic rings. The van der Waals surface area contributed by atoms with Crippen molar-refractivity contribution in [3.63, 3.8) is 0 Å². The second-order valence-electron chi connectivity index (χ2n) is 6.80. The molecule has 0 bridgehead atoms. The zero-order valence-electron chi connectivity index (χ0n) is 14.7. The Labute approximate surface area is 148 Å². The second-order valence-corrected chi connectivity index (χ2v) is 8.80. The fourth-order valence-corrected chi connectivity index (χ4v) is 2.87. The van der Waals surface area contributed by atoms with Crippen molar-refractivity contribution in [1.82, 2.24) is 19.5 Å². The molecule has 5 nitrogen and oxygen atoms in total. The van der Waals surface area contributed by atoms with Crippen LogP contribution >= 0.6 is 0 Å². The van der Waals surface area contributed by atoms with Gasteiger partial charge in [0, 0.05) is 23.8 Å². The topological polar surface area (TPSA) is 65.8 Å². The standard InChI is InChI=1S/C16H21F3N4OS/c1-10-6-12(11(2)22-25(24)15(3,4)5)7-20-14(10)23-9-13(8-21-23)16(17,18)19/h6-9,11,22H,1-5H3/t11-,25-/m1/s1. The molecule has 1 N–H and O–H groups in total. The summed E-state index contributed by atoms with van der Waals surface area (Å²) in [6.07, 6.45) is -1.21. The quantitative estimate of drug-likeness (QED) is 0.829. The van der Waals surface area contributed by atoms with Gasteiger partial charge in [-0.2, -0.15) is 18.3 Å². The first-order valence-corrected chi connectivity index (χ1v) is 8.81. The number of alkyl halides is 3. The van der Waals surface area contributed by atoms with Crippen LogP contribution in [0.1, 0.15) is 50.4 Å². The van der Waals surface area contributed by atoms with Gasteiger partial charge < -0.3 is 4.55 Å². The largest absolute Gasteiger partial charge is 0.598 e. The van der Waals surface area contributed by atoms with E-state index in [9.17, 15) is 17.7 Å². The van der Waals surface area contributed by atoms with Crippen molar-refractivity contribution in [1.29, 1.82) is 0 Å². The third kappa shape index (κ3) is 4.74. The first kappa shape index (κ1) is 19.7. The zero-order valence-corrected chi connectivity index (χ0v) is 15.5. The van der Waals surface area contributed by atoms with Crippen molar-refractivity contribution in [2.75, 3.05) is 0 Å². The molecule has 2 heterocycles. The molecule has 138 valence electrons. The minimum atomic E-state index is -4.44. The number of hydrogen-bond acceptors (Lipinski definition) is 4. The van der Waals surface area contributed by atoms with Crippen LogP contribution in [0.2, 0.25) is 0 Å². The van der Waals surface area contributed by atoms with Gasteiger partial charge in [0.25, 0.3) is 0 Å². The second kappa shape index (κ2) is 6.97. The SMILES string of the molecule is Cc1cc([C@@H](C)N[S@+]([O-])C(C)(C)C)cnc1-n1cc(C(F)(F)F)cn1. The summed E-state index contributed by atoms with van der Waals surface area (Å²) in [5.41, 5.74) is 0.639. The molecule has 0 aliphatic carbocycles. The number of aromatic nitrogens is 3. The Balaban J connectivity index is 2.22. The Morgan fingerprint density at radius 1 is 1.24 bits per heavy atom. The minimum Gasteiger partial charge on any atom is -0.598 e. The molecule has 9 heteroatoms. The maximum absolute atomic E-state index is 12.7. The molecule has 0 spiro atoms. The van der Waals surface area contributed by atoms with Gasteiger partial charge in [-0.1, -0.05) is 0 Å². The first-order valence-electron chi connectivity index (χ1n) is 7.66. The van der Waals surface area contributed by atoms with Gasteiger partial charge in [0.1, 0.15) is 4.75 Å². The summed E-state index contributed by atoms with van der Waals surface area (Å²) in [6, 6.07) is 1.58. The molecule has 0 saturated carbocycles. The summed E-state index contributed by atoms with van der Waals surface area (Å²) in [7, 11) is 0. The summed E-state index contributed by atoms with van der Waals surface area (Å²) < 4.78 is 54.0. The molecule has 0 aliphatic heterocycles. The monoisotopic (exact) mass is 374 g/mol. The first-order chi connectivity index (χ1) is 11.4. The van der Waals surface area contributed by atoms with Crippen LogP contribution in [-0.2, 0) is 17.5 Å².